The number of nitrogens with zero attached hydrogens (tertiary/aromatic N) is 1. The van der Waals surface area contributed by atoms with Crippen molar-refractivity contribution in [2.45, 2.75) is 31.7 Å². The second-order valence-corrected chi connectivity index (χ2v) is 7.40. The number of likely N-dealkylation sites (N-methyl/N-ethyl adjacent to an activating group) is 1. The first-order chi connectivity index (χ1) is 12.6. The molecule has 2 aromatic carbocycles. The molecule has 1 fully saturated rings. The summed E-state index contributed by atoms with van der Waals surface area (Å²) in [6, 6.07) is 14.1. The Kier molecular flexibility index (Phi) is 4.51. The fraction of sp³-hybridized carbons (Fsp3) is 0.318. The maximum Gasteiger partial charge on any atom is 0.167 e. The van der Waals surface area contributed by atoms with Crippen molar-refractivity contribution < 1.29 is 4.79 Å². The van der Waals surface area contributed by atoms with Crippen LogP contribution in [0.5, 0.6) is 0 Å². The van der Waals surface area contributed by atoms with Gasteiger partial charge in [0, 0.05) is 40.8 Å². The zero-order valence-corrected chi connectivity index (χ0v) is 15.2. The third kappa shape index (κ3) is 3.37. The predicted octanol–water partition coefficient (Wildman–Crippen LogP) is 3.81. The Morgan fingerprint density at radius 1 is 1.23 bits per heavy atom. The van der Waals surface area contributed by atoms with Crippen LogP contribution < -0.4 is 5.73 Å². The first-order valence-electron chi connectivity index (χ1n) is 9.28. The maximum absolute atomic E-state index is 12.6. The number of rotatable bonds is 5. The highest BCUT2D eigenvalue weighted by molar-refractivity contribution is 5.98. The molecule has 1 saturated heterocycles. The number of Topliss-reactive ketones (excluding diaryl/α,β-unsaturated/α-hetero) is 1. The Bertz CT molecular complexity index is 926. The molecule has 3 N–H and O–H groups in total. The smallest absolute Gasteiger partial charge is 0.167 e. The van der Waals surface area contributed by atoms with Gasteiger partial charge in [-0.2, -0.15) is 0 Å². The van der Waals surface area contributed by atoms with E-state index in [1.165, 1.54) is 30.3 Å². The van der Waals surface area contributed by atoms with Crippen LogP contribution in [0.3, 0.4) is 0 Å². The molecule has 0 spiro atoms. The molecule has 4 nitrogen and oxygen atoms in total. The Morgan fingerprint density at radius 2 is 2.04 bits per heavy atom. The summed E-state index contributed by atoms with van der Waals surface area (Å²) in [6.45, 7) is 1.19. The molecule has 1 aliphatic heterocycles. The van der Waals surface area contributed by atoms with Crippen molar-refractivity contribution in [2.24, 2.45) is 0 Å². The van der Waals surface area contributed by atoms with Crippen LogP contribution in [0.4, 0.5) is 5.69 Å². The number of carbonyl (C=O) groups excluding carboxylic acids is 1. The molecular formula is C22H25N3O. The number of aromatic amines is 1. The second kappa shape index (κ2) is 6.96. The highest BCUT2D eigenvalue weighted by Crippen LogP contribution is 2.26. The van der Waals surface area contributed by atoms with E-state index in [4.69, 9.17) is 5.73 Å². The lowest BCUT2D eigenvalue weighted by Gasteiger charge is -2.18. The molecule has 2 heterocycles. The van der Waals surface area contributed by atoms with Crippen LogP contribution in [-0.2, 0) is 12.8 Å². The molecule has 1 aromatic heterocycles. The SMILES string of the molecule is CN1CCCC1Cc1c[nH]c2ccc(CC(=O)c3ccc(N)cc3)cc12. The third-order valence-electron chi connectivity index (χ3n) is 5.56. The number of aromatic nitrogens is 1. The normalized spacial score (nSPS) is 17.8. The average molecular weight is 347 g/mol. The van der Waals surface area contributed by atoms with Crippen LogP contribution in [0, 0.1) is 0 Å². The zero-order chi connectivity index (χ0) is 18.1. The molecule has 0 bridgehead atoms. The standard InChI is InChI=1S/C22H25N3O/c1-25-10-2-3-19(25)13-17-14-24-21-9-4-15(11-20(17)21)12-22(26)16-5-7-18(23)8-6-16/h4-9,11,14,19,24H,2-3,10,12-13,23H2,1H3. The summed E-state index contributed by atoms with van der Waals surface area (Å²) in [6.07, 6.45) is 6.14. The molecular weight excluding hydrogens is 322 g/mol. The molecule has 0 radical (unpaired) electrons. The van der Waals surface area contributed by atoms with Crippen molar-refractivity contribution in [1.29, 1.82) is 0 Å². The number of carbonyl (C=O) groups is 1. The van der Waals surface area contributed by atoms with Gasteiger partial charge in [-0.25, -0.2) is 0 Å². The number of hydrogen-bond donors (Lipinski definition) is 2. The summed E-state index contributed by atoms with van der Waals surface area (Å²) < 4.78 is 0. The van der Waals surface area contributed by atoms with Gasteiger partial charge in [0.2, 0.25) is 0 Å². The minimum atomic E-state index is 0.122. The number of benzene rings is 2. The fourth-order valence-electron chi connectivity index (χ4n) is 3.95. The number of ketones is 1. The topological polar surface area (TPSA) is 62.1 Å². The highest BCUT2D eigenvalue weighted by atomic mass is 16.1. The number of nitrogens with two attached hydrogens (primary N) is 1. The van der Waals surface area contributed by atoms with E-state index in [2.05, 4.69) is 35.3 Å². The highest BCUT2D eigenvalue weighted by Gasteiger charge is 2.22. The Hall–Kier alpha value is -2.59. The van der Waals surface area contributed by atoms with E-state index in [1.54, 1.807) is 24.3 Å². The number of nitrogens with one attached hydrogen (secondary N) is 1. The van der Waals surface area contributed by atoms with Crippen molar-refractivity contribution in [3.8, 4) is 0 Å². The first-order valence-corrected chi connectivity index (χ1v) is 9.28. The van der Waals surface area contributed by atoms with Crippen molar-refractivity contribution >= 4 is 22.4 Å². The van der Waals surface area contributed by atoms with E-state index in [1.807, 2.05) is 6.07 Å². The lowest BCUT2D eigenvalue weighted by Crippen LogP contribution is -2.26. The van der Waals surface area contributed by atoms with E-state index in [0.717, 1.165) is 17.5 Å². The van der Waals surface area contributed by atoms with E-state index < -0.39 is 0 Å². The molecule has 4 rings (SSSR count). The Morgan fingerprint density at radius 3 is 2.77 bits per heavy atom. The van der Waals surface area contributed by atoms with E-state index in [9.17, 15) is 4.79 Å². The van der Waals surface area contributed by atoms with Crippen LogP contribution in [0.2, 0.25) is 0 Å². The van der Waals surface area contributed by atoms with Gasteiger partial charge in [-0.15, -0.1) is 0 Å². The summed E-state index contributed by atoms with van der Waals surface area (Å²) in [5.74, 6) is 0.122. The quantitative estimate of drug-likeness (QED) is 0.545. The second-order valence-electron chi connectivity index (χ2n) is 7.40. The van der Waals surface area contributed by atoms with Gasteiger partial charge < -0.3 is 15.6 Å². The summed E-state index contributed by atoms with van der Waals surface area (Å²) in [7, 11) is 2.21. The minimum Gasteiger partial charge on any atom is -0.399 e. The molecule has 0 saturated carbocycles. The summed E-state index contributed by atoms with van der Waals surface area (Å²) in [5, 5.41) is 1.24. The molecule has 3 aromatic rings. The van der Waals surface area contributed by atoms with Gasteiger partial charge in [0.1, 0.15) is 0 Å². The van der Waals surface area contributed by atoms with Gasteiger partial charge in [-0.3, -0.25) is 4.79 Å². The van der Waals surface area contributed by atoms with Gasteiger partial charge in [-0.1, -0.05) is 6.07 Å². The molecule has 134 valence electrons. The molecule has 26 heavy (non-hydrogen) atoms. The van der Waals surface area contributed by atoms with Crippen LogP contribution in [0.25, 0.3) is 10.9 Å². The fourth-order valence-corrected chi connectivity index (χ4v) is 3.95. The summed E-state index contributed by atoms with van der Waals surface area (Å²) in [4.78, 5) is 18.4. The monoisotopic (exact) mass is 347 g/mol. The lowest BCUT2D eigenvalue weighted by molar-refractivity contribution is 0.0993. The van der Waals surface area contributed by atoms with Gasteiger partial charge in [0.25, 0.3) is 0 Å². The molecule has 0 amide bonds. The third-order valence-corrected chi connectivity index (χ3v) is 5.56. The maximum atomic E-state index is 12.6. The Balaban J connectivity index is 1.55. The largest absolute Gasteiger partial charge is 0.399 e. The van der Waals surface area contributed by atoms with Gasteiger partial charge >= 0.3 is 0 Å². The molecule has 1 unspecified atom stereocenters. The van der Waals surface area contributed by atoms with E-state index in [0.29, 0.717) is 23.7 Å². The van der Waals surface area contributed by atoms with Crippen LogP contribution in [0.1, 0.15) is 34.3 Å². The van der Waals surface area contributed by atoms with E-state index >= 15 is 0 Å². The van der Waals surface area contributed by atoms with Gasteiger partial charge in [-0.05, 0) is 80.4 Å². The number of fused-ring (bicyclic) bond motifs is 1. The lowest BCUT2D eigenvalue weighted by atomic mass is 9.99. The number of hydrogen-bond acceptors (Lipinski definition) is 3. The Labute approximate surface area is 154 Å². The van der Waals surface area contributed by atoms with Crippen LogP contribution in [0.15, 0.2) is 48.7 Å². The number of anilines is 1. The molecule has 0 aliphatic carbocycles. The zero-order valence-electron chi connectivity index (χ0n) is 15.2. The van der Waals surface area contributed by atoms with E-state index in [-0.39, 0.29) is 5.78 Å². The number of H-pyrrole nitrogens is 1. The van der Waals surface area contributed by atoms with Crippen LogP contribution >= 0.6 is 0 Å². The van der Waals surface area contributed by atoms with Crippen molar-refractivity contribution in [2.75, 3.05) is 19.3 Å². The first kappa shape index (κ1) is 16.9. The van der Waals surface area contributed by atoms with Gasteiger partial charge in [0.15, 0.2) is 5.78 Å². The average Bonchev–Trinajstić information content (AvgIpc) is 3.22. The van der Waals surface area contributed by atoms with Gasteiger partial charge in [0.05, 0.1) is 0 Å². The summed E-state index contributed by atoms with van der Waals surface area (Å²) in [5.41, 5.74) is 10.6. The molecule has 4 heteroatoms. The van der Waals surface area contributed by atoms with Crippen LogP contribution in [-0.4, -0.2) is 35.3 Å². The van der Waals surface area contributed by atoms with Crippen molar-refractivity contribution in [3.05, 3.63) is 65.4 Å². The number of likely N-dealkylation sites (tertiary alicyclic amines) is 1. The molecule has 1 atom stereocenters. The minimum absolute atomic E-state index is 0.122. The van der Waals surface area contributed by atoms with Crippen molar-refractivity contribution in [3.63, 3.8) is 0 Å². The predicted molar refractivity (Wildman–Crippen MR) is 107 cm³/mol. The number of nitrogen functional groups attached to an aromatic ring is 1. The summed E-state index contributed by atoms with van der Waals surface area (Å²) >= 11 is 0. The van der Waals surface area contributed by atoms with Crippen molar-refractivity contribution in [1.82, 2.24) is 9.88 Å². The molecule has 1 aliphatic rings.